The van der Waals surface area contributed by atoms with E-state index in [4.69, 9.17) is 0 Å². The summed E-state index contributed by atoms with van der Waals surface area (Å²) in [6, 6.07) is 4.93. The van der Waals surface area contributed by atoms with E-state index >= 15 is 0 Å². The molecule has 0 aromatic heterocycles. The molecule has 1 radical (unpaired) electrons. The first kappa shape index (κ1) is 12.2. The molecule has 0 saturated heterocycles. The van der Waals surface area contributed by atoms with Gasteiger partial charge in [0.25, 0.3) is 0 Å². The Morgan fingerprint density at radius 2 is 1.87 bits per heavy atom. The summed E-state index contributed by atoms with van der Waals surface area (Å²) in [5.41, 5.74) is 1.09. The Morgan fingerprint density at radius 3 is 2.27 bits per heavy atom. The highest BCUT2D eigenvalue weighted by molar-refractivity contribution is 5.36. The molecule has 1 rings (SSSR count). The summed E-state index contributed by atoms with van der Waals surface area (Å²) >= 11 is 0. The third-order valence-electron chi connectivity index (χ3n) is 2.47. The molecule has 0 unspecified atom stereocenters. The van der Waals surface area contributed by atoms with E-state index in [1.165, 1.54) is 6.07 Å². The maximum Gasteiger partial charge on any atom is 0.127 e. The smallest absolute Gasteiger partial charge is 0.127 e. The largest absolute Gasteiger partial charge is 0.250 e. The lowest BCUT2D eigenvalue weighted by atomic mass is 9.85. The van der Waals surface area contributed by atoms with Crippen molar-refractivity contribution in [2.75, 3.05) is 6.67 Å². The molecule has 1 aromatic rings. The second kappa shape index (κ2) is 4.30. The zero-order chi connectivity index (χ0) is 11.6. The van der Waals surface area contributed by atoms with Crippen LogP contribution >= 0.6 is 0 Å². The van der Waals surface area contributed by atoms with Crippen LogP contribution in [0.3, 0.4) is 0 Å². The molecule has 0 aliphatic heterocycles. The normalized spacial score (nSPS) is 12.2. The van der Waals surface area contributed by atoms with Gasteiger partial charge >= 0.3 is 0 Å². The monoisotopic (exact) mass is 211 g/mol. The fourth-order valence-corrected chi connectivity index (χ4v) is 1.47. The first-order valence-corrected chi connectivity index (χ1v) is 5.05. The van der Waals surface area contributed by atoms with Crippen LogP contribution in [-0.4, -0.2) is 6.67 Å². The molecule has 0 amide bonds. The molecule has 83 valence electrons. The van der Waals surface area contributed by atoms with Crippen molar-refractivity contribution in [1.29, 1.82) is 0 Å². The van der Waals surface area contributed by atoms with Gasteiger partial charge in [0.05, 0.1) is 6.67 Å². The standard InChI is InChI=1S/C13H17F2/c1-9(8-14)10-5-6-11(12(15)7-10)13(2,3)4/h5-7H,8H2,1-4H3. The van der Waals surface area contributed by atoms with E-state index < -0.39 is 6.67 Å². The van der Waals surface area contributed by atoms with Crippen LogP contribution in [0.5, 0.6) is 0 Å². The van der Waals surface area contributed by atoms with Gasteiger partial charge < -0.3 is 0 Å². The van der Waals surface area contributed by atoms with Gasteiger partial charge in [-0.3, -0.25) is 4.39 Å². The number of alkyl halides is 1. The highest BCUT2D eigenvalue weighted by atomic mass is 19.1. The van der Waals surface area contributed by atoms with Crippen LogP contribution in [0, 0.1) is 11.7 Å². The van der Waals surface area contributed by atoms with E-state index in [1.54, 1.807) is 19.1 Å². The topological polar surface area (TPSA) is 0 Å². The van der Waals surface area contributed by atoms with Crippen molar-refractivity contribution in [3.63, 3.8) is 0 Å². The van der Waals surface area contributed by atoms with Gasteiger partial charge in [-0.15, -0.1) is 0 Å². The molecule has 0 spiro atoms. The maximum atomic E-state index is 13.7. The summed E-state index contributed by atoms with van der Waals surface area (Å²) in [5, 5.41) is 0. The molecular weight excluding hydrogens is 194 g/mol. The molecule has 0 bridgehead atoms. The Hall–Kier alpha value is -0.920. The molecule has 0 heterocycles. The molecule has 15 heavy (non-hydrogen) atoms. The Kier molecular flexibility index (Phi) is 3.48. The van der Waals surface area contributed by atoms with Gasteiger partial charge in [-0.25, -0.2) is 4.39 Å². The van der Waals surface area contributed by atoms with Crippen LogP contribution in [-0.2, 0) is 5.41 Å². The van der Waals surface area contributed by atoms with Crippen molar-refractivity contribution < 1.29 is 8.78 Å². The molecule has 0 atom stereocenters. The predicted octanol–water partition coefficient (Wildman–Crippen LogP) is 4.04. The minimum absolute atomic E-state index is 0.216. The van der Waals surface area contributed by atoms with Crippen LogP contribution in [0.25, 0.3) is 0 Å². The van der Waals surface area contributed by atoms with Crippen molar-refractivity contribution in [2.45, 2.75) is 33.1 Å². The highest BCUT2D eigenvalue weighted by Crippen LogP contribution is 2.27. The molecule has 0 aliphatic carbocycles. The average Bonchev–Trinajstić information content (AvgIpc) is 2.14. The summed E-state index contributed by atoms with van der Waals surface area (Å²) in [6.07, 6.45) is 0. The summed E-state index contributed by atoms with van der Waals surface area (Å²) in [4.78, 5) is 0. The third-order valence-corrected chi connectivity index (χ3v) is 2.47. The van der Waals surface area contributed by atoms with E-state index in [2.05, 4.69) is 0 Å². The molecule has 0 saturated carbocycles. The molecule has 0 nitrogen and oxygen atoms in total. The third kappa shape index (κ3) is 2.77. The molecule has 2 heteroatoms. The van der Waals surface area contributed by atoms with Crippen LogP contribution in [0.2, 0.25) is 0 Å². The van der Waals surface area contributed by atoms with Gasteiger partial charge in [0.15, 0.2) is 0 Å². The number of rotatable bonds is 2. The quantitative estimate of drug-likeness (QED) is 0.692. The molecule has 0 N–H and O–H groups in total. The first-order chi connectivity index (χ1) is 6.86. The Balaban J connectivity index is 3.09. The van der Waals surface area contributed by atoms with Gasteiger partial charge in [0.1, 0.15) is 5.82 Å². The zero-order valence-electron chi connectivity index (χ0n) is 9.70. The molecule has 0 fully saturated rings. The van der Waals surface area contributed by atoms with Gasteiger partial charge in [-0.1, -0.05) is 39.8 Å². The lowest BCUT2D eigenvalue weighted by Crippen LogP contribution is -2.14. The number of hydrogen-bond donors (Lipinski definition) is 0. The Bertz CT molecular complexity index is 337. The highest BCUT2D eigenvalue weighted by Gasteiger charge is 2.19. The summed E-state index contributed by atoms with van der Waals surface area (Å²) in [5.74, 6) is 0.308. The minimum atomic E-state index is -0.533. The van der Waals surface area contributed by atoms with Gasteiger partial charge in [-0.2, -0.15) is 0 Å². The van der Waals surface area contributed by atoms with Crippen LogP contribution in [0.15, 0.2) is 18.2 Å². The average molecular weight is 211 g/mol. The predicted molar refractivity (Wildman–Crippen MR) is 59.1 cm³/mol. The summed E-state index contributed by atoms with van der Waals surface area (Å²) in [7, 11) is 0. The fourth-order valence-electron chi connectivity index (χ4n) is 1.47. The lowest BCUT2D eigenvalue weighted by Gasteiger charge is -2.20. The van der Waals surface area contributed by atoms with E-state index in [1.807, 2.05) is 20.8 Å². The van der Waals surface area contributed by atoms with Crippen molar-refractivity contribution in [3.8, 4) is 0 Å². The number of hydrogen-bond acceptors (Lipinski definition) is 0. The SMILES string of the molecule is C[C](CF)c1ccc(C(C)(C)C)c(F)c1. The lowest BCUT2D eigenvalue weighted by molar-refractivity contribution is 0.509. The summed E-state index contributed by atoms with van der Waals surface area (Å²) in [6.45, 7) is 7.00. The van der Waals surface area contributed by atoms with E-state index in [0.29, 0.717) is 17.0 Å². The first-order valence-electron chi connectivity index (χ1n) is 5.05. The van der Waals surface area contributed by atoms with E-state index in [-0.39, 0.29) is 11.2 Å². The number of benzene rings is 1. The van der Waals surface area contributed by atoms with Crippen molar-refractivity contribution >= 4 is 0 Å². The van der Waals surface area contributed by atoms with E-state index in [9.17, 15) is 8.78 Å². The minimum Gasteiger partial charge on any atom is -0.250 e. The van der Waals surface area contributed by atoms with Crippen molar-refractivity contribution in [3.05, 3.63) is 41.1 Å². The zero-order valence-corrected chi connectivity index (χ0v) is 9.70. The van der Waals surface area contributed by atoms with Crippen LogP contribution < -0.4 is 0 Å². The van der Waals surface area contributed by atoms with Gasteiger partial charge in [-0.05, 0) is 22.6 Å². The number of halogens is 2. The molecule has 0 aliphatic rings. The second-order valence-corrected chi connectivity index (χ2v) is 4.86. The van der Waals surface area contributed by atoms with Crippen molar-refractivity contribution in [1.82, 2.24) is 0 Å². The fraction of sp³-hybridized carbons (Fsp3) is 0.462. The van der Waals surface area contributed by atoms with Gasteiger partial charge in [0, 0.05) is 5.92 Å². The van der Waals surface area contributed by atoms with Crippen LogP contribution in [0.1, 0.15) is 38.8 Å². The van der Waals surface area contributed by atoms with Gasteiger partial charge in [0.2, 0.25) is 0 Å². The second-order valence-electron chi connectivity index (χ2n) is 4.86. The van der Waals surface area contributed by atoms with Crippen molar-refractivity contribution in [2.24, 2.45) is 0 Å². The Morgan fingerprint density at radius 1 is 1.27 bits per heavy atom. The maximum absolute atomic E-state index is 13.7. The molecular formula is C13H17F2. The summed E-state index contributed by atoms with van der Waals surface area (Å²) < 4.78 is 26.1. The van der Waals surface area contributed by atoms with Crippen LogP contribution in [0.4, 0.5) is 8.78 Å². The van der Waals surface area contributed by atoms with E-state index in [0.717, 1.165) is 0 Å². The Labute approximate surface area is 90.3 Å². The molecule has 1 aromatic carbocycles.